The van der Waals surface area contributed by atoms with Crippen molar-refractivity contribution in [3.05, 3.63) is 46.9 Å². The van der Waals surface area contributed by atoms with Gasteiger partial charge in [-0.2, -0.15) is 5.26 Å². The standard InChI is InChI=1S/C16H11ClF3N3O2S/c17-12-5-10(26(24,25)23-9-6-16(19,20)7-9)1-2-11(12)14-4-3-13(18)15(8-21)22-14/h1-5,9,23H,6-7H2. The SMILES string of the molecule is N#Cc1nc(-c2ccc(S(=O)(=O)NC3CC(F)(F)C3)cc2Cl)ccc1F. The molecule has 0 unspecified atom stereocenters. The predicted molar refractivity (Wildman–Crippen MR) is 87.6 cm³/mol. The first-order valence-electron chi connectivity index (χ1n) is 7.38. The molecule has 5 nitrogen and oxygen atoms in total. The number of pyridine rings is 1. The Hall–Kier alpha value is -2.15. The molecule has 1 aliphatic carbocycles. The highest BCUT2D eigenvalue weighted by Crippen LogP contribution is 2.38. The van der Waals surface area contributed by atoms with Gasteiger partial charge in [-0.05, 0) is 30.3 Å². The molecule has 0 saturated heterocycles. The highest BCUT2D eigenvalue weighted by atomic mass is 35.5. The lowest BCUT2D eigenvalue weighted by molar-refractivity contribution is -0.0876. The van der Waals surface area contributed by atoms with Crippen LogP contribution in [-0.4, -0.2) is 25.4 Å². The average Bonchev–Trinajstić information content (AvgIpc) is 2.53. The molecule has 1 fully saturated rings. The summed E-state index contributed by atoms with van der Waals surface area (Å²) >= 11 is 6.11. The number of hydrogen-bond acceptors (Lipinski definition) is 4. The topological polar surface area (TPSA) is 82.8 Å². The number of rotatable bonds is 4. The molecular weight excluding hydrogens is 391 g/mol. The van der Waals surface area contributed by atoms with Gasteiger partial charge in [-0.25, -0.2) is 31.3 Å². The molecule has 1 aromatic carbocycles. The molecule has 1 aromatic heterocycles. The van der Waals surface area contributed by atoms with Crippen LogP contribution in [0, 0.1) is 17.1 Å². The van der Waals surface area contributed by atoms with Crippen LogP contribution in [0.3, 0.4) is 0 Å². The number of hydrogen-bond donors (Lipinski definition) is 1. The Kier molecular flexibility index (Phi) is 4.69. The molecule has 1 heterocycles. The van der Waals surface area contributed by atoms with Crippen molar-refractivity contribution < 1.29 is 21.6 Å². The molecular formula is C16H11ClF3N3O2S. The molecule has 0 bridgehead atoms. The molecule has 0 spiro atoms. The summed E-state index contributed by atoms with van der Waals surface area (Å²) < 4.78 is 65.8. The van der Waals surface area contributed by atoms with Gasteiger partial charge in [0.2, 0.25) is 10.0 Å². The third-order valence-electron chi connectivity index (χ3n) is 3.89. The quantitative estimate of drug-likeness (QED) is 0.850. The maximum atomic E-state index is 13.4. The van der Waals surface area contributed by atoms with Gasteiger partial charge in [0.25, 0.3) is 5.92 Å². The van der Waals surface area contributed by atoms with Crippen LogP contribution in [-0.2, 0) is 10.0 Å². The molecule has 26 heavy (non-hydrogen) atoms. The molecule has 0 radical (unpaired) electrons. The van der Waals surface area contributed by atoms with Gasteiger partial charge in [0.05, 0.1) is 15.6 Å². The Balaban J connectivity index is 1.87. The Morgan fingerprint density at radius 2 is 1.96 bits per heavy atom. The number of nitriles is 1. The Labute approximate surface area is 152 Å². The number of sulfonamides is 1. The van der Waals surface area contributed by atoms with E-state index in [2.05, 4.69) is 9.71 Å². The van der Waals surface area contributed by atoms with E-state index in [1.807, 2.05) is 0 Å². The first-order valence-corrected chi connectivity index (χ1v) is 9.24. The zero-order valence-corrected chi connectivity index (χ0v) is 14.6. The highest BCUT2D eigenvalue weighted by Gasteiger charge is 2.46. The third-order valence-corrected chi connectivity index (χ3v) is 5.72. The Bertz CT molecular complexity index is 1010. The first kappa shape index (κ1) is 18.6. The summed E-state index contributed by atoms with van der Waals surface area (Å²) in [5.41, 5.74) is 0.0867. The van der Waals surface area contributed by atoms with Gasteiger partial charge < -0.3 is 0 Å². The number of aromatic nitrogens is 1. The van der Waals surface area contributed by atoms with Crippen molar-refractivity contribution in [3.8, 4) is 17.3 Å². The molecule has 0 amide bonds. The number of nitrogens with one attached hydrogen (secondary N) is 1. The summed E-state index contributed by atoms with van der Waals surface area (Å²) in [6.45, 7) is 0. The fraction of sp³-hybridized carbons (Fsp3) is 0.250. The van der Waals surface area contributed by atoms with Crippen molar-refractivity contribution in [2.75, 3.05) is 0 Å². The van der Waals surface area contributed by atoms with E-state index in [4.69, 9.17) is 16.9 Å². The summed E-state index contributed by atoms with van der Waals surface area (Å²) in [6.07, 6.45) is -1.09. The minimum absolute atomic E-state index is 0.00909. The van der Waals surface area contributed by atoms with Crippen molar-refractivity contribution in [3.63, 3.8) is 0 Å². The molecule has 136 valence electrons. The molecule has 10 heteroatoms. The van der Waals surface area contributed by atoms with E-state index in [1.54, 1.807) is 6.07 Å². The van der Waals surface area contributed by atoms with E-state index >= 15 is 0 Å². The summed E-state index contributed by atoms with van der Waals surface area (Å²) in [6, 6.07) is 6.87. The van der Waals surface area contributed by atoms with E-state index < -0.39 is 46.3 Å². The second kappa shape index (κ2) is 6.54. The number of halogens is 4. The predicted octanol–water partition coefficient (Wildman–Crippen LogP) is 3.49. The smallest absolute Gasteiger partial charge is 0.234 e. The lowest BCUT2D eigenvalue weighted by Gasteiger charge is -2.34. The van der Waals surface area contributed by atoms with E-state index in [0.29, 0.717) is 5.56 Å². The lowest BCUT2D eigenvalue weighted by atomic mass is 9.89. The first-order chi connectivity index (χ1) is 12.1. The lowest BCUT2D eigenvalue weighted by Crippen LogP contribution is -2.50. The third kappa shape index (κ3) is 3.67. The molecule has 2 aromatic rings. The van der Waals surface area contributed by atoms with E-state index in [9.17, 15) is 21.6 Å². The van der Waals surface area contributed by atoms with Crippen LogP contribution in [0.5, 0.6) is 0 Å². The number of nitrogens with zero attached hydrogens (tertiary/aromatic N) is 2. The van der Waals surface area contributed by atoms with E-state index in [0.717, 1.165) is 12.1 Å². The minimum atomic E-state index is -4.01. The van der Waals surface area contributed by atoms with E-state index in [-0.39, 0.29) is 15.6 Å². The Morgan fingerprint density at radius 1 is 1.27 bits per heavy atom. The van der Waals surface area contributed by atoms with Gasteiger partial charge >= 0.3 is 0 Å². The van der Waals surface area contributed by atoms with Crippen LogP contribution < -0.4 is 4.72 Å². The normalized spacial score (nSPS) is 16.7. The maximum Gasteiger partial charge on any atom is 0.251 e. The zero-order chi connectivity index (χ0) is 19.1. The molecule has 1 N–H and O–H groups in total. The summed E-state index contributed by atoms with van der Waals surface area (Å²) in [4.78, 5) is 3.64. The van der Waals surface area contributed by atoms with Crippen LogP contribution in [0.25, 0.3) is 11.3 Å². The molecule has 1 aliphatic rings. The summed E-state index contributed by atoms with van der Waals surface area (Å²) in [5, 5.41) is 8.84. The summed E-state index contributed by atoms with van der Waals surface area (Å²) in [7, 11) is -4.01. The van der Waals surface area contributed by atoms with Gasteiger partial charge in [0.1, 0.15) is 6.07 Å². The van der Waals surface area contributed by atoms with Crippen molar-refractivity contribution >= 4 is 21.6 Å². The molecule has 0 aliphatic heterocycles. The van der Waals surface area contributed by atoms with Gasteiger partial charge in [-0.15, -0.1) is 0 Å². The van der Waals surface area contributed by atoms with Crippen molar-refractivity contribution in [1.82, 2.24) is 9.71 Å². The fourth-order valence-corrected chi connectivity index (χ4v) is 4.18. The maximum absolute atomic E-state index is 13.4. The van der Waals surface area contributed by atoms with Crippen LogP contribution in [0.4, 0.5) is 13.2 Å². The van der Waals surface area contributed by atoms with Crippen LogP contribution >= 0.6 is 11.6 Å². The van der Waals surface area contributed by atoms with Crippen LogP contribution in [0.15, 0.2) is 35.2 Å². The monoisotopic (exact) mass is 401 g/mol. The number of alkyl halides is 2. The molecule has 0 atom stereocenters. The highest BCUT2D eigenvalue weighted by molar-refractivity contribution is 7.89. The number of benzene rings is 1. The Morgan fingerprint density at radius 3 is 2.54 bits per heavy atom. The summed E-state index contributed by atoms with van der Waals surface area (Å²) in [5.74, 6) is -3.63. The average molecular weight is 402 g/mol. The van der Waals surface area contributed by atoms with Gasteiger partial charge in [-0.3, -0.25) is 0 Å². The molecule has 1 saturated carbocycles. The van der Waals surface area contributed by atoms with Crippen molar-refractivity contribution in [1.29, 1.82) is 5.26 Å². The zero-order valence-electron chi connectivity index (χ0n) is 13.0. The minimum Gasteiger partial charge on any atom is -0.234 e. The van der Waals surface area contributed by atoms with Crippen LogP contribution in [0.2, 0.25) is 5.02 Å². The van der Waals surface area contributed by atoms with Gasteiger partial charge in [0.15, 0.2) is 11.5 Å². The largest absolute Gasteiger partial charge is 0.251 e. The second-order valence-corrected chi connectivity index (χ2v) is 7.98. The van der Waals surface area contributed by atoms with Gasteiger partial charge in [-0.1, -0.05) is 11.6 Å². The fourth-order valence-electron chi connectivity index (χ4n) is 2.57. The van der Waals surface area contributed by atoms with Crippen molar-refractivity contribution in [2.45, 2.75) is 29.7 Å². The van der Waals surface area contributed by atoms with Crippen molar-refractivity contribution in [2.24, 2.45) is 0 Å². The molecule has 3 rings (SSSR count). The van der Waals surface area contributed by atoms with E-state index in [1.165, 1.54) is 18.2 Å². The van der Waals surface area contributed by atoms with Gasteiger partial charge in [0, 0.05) is 24.4 Å². The second-order valence-electron chi connectivity index (χ2n) is 5.86. The van der Waals surface area contributed by atoms with Crippen LogP contribution in [0.1, 0.15) is 18.5 Å².